The molecular weight excluding hydrogens is 382 g/mol. The highest BCUT2D eigenvalue weighted by Gasteiger charge is 2.37. The fourth-order valence-electron chi connectivity index (χ4n) is 3.26. The summed E-state index contributed by atoms with van der Waals surface area (Å²) in [6.45, 7) is 14.7. The van der Waals surface area contributed by atoms with Gasteiger partial charge in [0.2, 0.25) is 11.8 Å². The van der Waals surface area contributed by atoms with Gasteiger partial charge in [0.1, 0.15) is 6.04 Å². The van der Waals surface area contributed by atoms with Crippen molar-refractivity contribution in [3.05, 3.63) is 11.6 Å². The van der Waals surface area contributed by atoms with Gasteiger partial charge in [-0.1, -0.05) is 54.0 Å². The van der Waals surface area contributed by atoms with Gasteiger partial charge in [0, 0.05) is 25.7 Å². The molecule has 174 valence electrons. The molecule has 1 rings (SSSR count). The molecule has 3 unspecified atom stereocenters. The molecule has 0 saturated carbocycles. The fraction of sp³-hybridized carbons (Fsp3) is 0.783. The van der Waals surface area contributed by atoms with Gasteiger partial charge in [-0.05, 0) is 38.1 Å². The number of nitrogens with zero attached hydrogens (tertiary/aromatic N) is 2. The van der Waals surface area contributed by atoms with Crippen LogP contribution in [0, 0.1) is 11.3 Å². The molecule has 1 fully saturated rings. The number of hydrogen-bond donors (Lipinski definition) is 2. The quantitative estimate of drug-likeness (QED) is 0.638. The maximum absolute atomic E-state index is 12.9. The van der Waals surface area contributed by atoms with Crippen LogP contribution in [0.3, 0.4) is 0 Å². The molecule has 0 aromatic heterocycles. The lowest BCUT2D eigenvalue weighted by Crippen LogP contribution is -2.58. The van der Waals surface area contributed by atoms with Gasteiger partial charge < -0.3 is 15.3 Å². The van der Waals surface area contributed by atoms with E-state index in [1.165, 1.54) is 24.3 Å². The molecule has 7 heteroatoms. The van der Waals surface area contributed by atoms with Gasteiger partial charge in [0.15, 0.2) is 0 Å². The van der Waals surface area contributed by atoms with E-state index in [9.17, 15) is 14.4 Å². The third-order valence-electron chi connectivity index (χ3n) is 5.15. The van der Waals surface area contributed by atoms with Crippen LogP contribution in [0.25, 0.3) is 0 Å². The lowest BCUT2D eigenvalue weighted by molar-refractivity contribution is -0.140. The summed E-state index contributed by atoms with van der Waals surface area (Å²) in [6, 6.07) is -0.903. The second-order valence-corrected chi connectivity index (χ2v) is 9.56. The number of aliphatic carboxylic acids is 1. The summed E-state index contributed by atoms with van der Waals surface area (Å²) in [4.78, 5) is 40.2. The zero-order valence-electron chi connectivity index (χ0n) is 20.4. The summed E-state index contributed by atoms with van der Waals surface area (Å²) >= 11 is 0. The molecule has 0 aliphatic carbocycles. The summed E-state index contributed by atoms with van der Waals surface area (Å²) < 4.78 is 0. The molecule has 1 heterocycles. The van der Waals surface area contributed by atoms with Crippen LogP contribution >= 0.6 is 0 Å². The van der Waals surface area contributed by atoms with E-state index >= 15 is 0 Å². The normalized spacial score (nSPS) is 21.2. The number of amides is 2. The standard InChI is InChI=1S/C20H35N3O4.C3H8/c1-13-8-9-15(23(7)12-13)17(24)21-16(20(3,4)5)18(25)22(6)11-10-14(2)19(26)27;1-3-2/h10,13,15-16H,8-9,11-12H2,1-7H3,(H,21,24)(H,26,27);3H2,1-2H3/b14-10+;. The Hall–Kier alpha value is -1.89. The Bertz CT molecular complexity index is 610. The summed E-state index contributed by atoms with van der Waals surface area (Å²) in [5, 5.41) is 11.9. The largest absolute Gasteiger partial charge is 0.478 e. The number of likely N-dealkylation sites (N-methyl/N-ethyl adjacent to an activating group) is 2. The molecule has 30 heavy (non-hydrogen) atoms. The SMILES string of the molecule is C/C(=C\CN(C)C(=O)C(NC(=O)C1CCC(C)CN1C)C(C)(C)C)C(=O)O.CCC. The number of carboxylic acid groups (broad SMARTS) is 1. The van der Waals surface area contributed by atoms with Crippen LogP contribution in [0.4, 0.5) is 0 Å². The number of carbonyl (C=O) groups excluding carboxylic acids is 2. The maximum Gasteiger partial charge on any atom is 0.331 e. The van der Waals surface area contributed by atoms with Crippen molar-refractivity contribution in [3.63, 3.8) is 0 Å². The van der Waals surface area contributed by atoms with Crippen LogP contribution < -0.4 is 5.32 Å². The lowest BCUT2D eigenvalue weighted by Gasteiger charge is -2.38. The minimum atomic E-state index is -1.01. The Morgan fingerprint density at radius 1 is 1.23 bits per heavy atom. The molecule has 3 atom stereocenters. The van der Waals surface area contributed by atoms with Gasteiger partial charge in [-0.3, -0.25) is 14.5 Å². The van der Waals surface area contributed by atoms with E-state index in [2.05, 4.69) is 31.0 Å². The average molecular weight is 426 g/mol. The van der Waals surface area contributed by atoms with Gasteiger partial charge >= 0.3 is 5.97 Å². The van der Waals surface area contributed by atoms with Crippen LogP contribution in [0.2, 0.25) is 0 Å². The van der Waals surface area contributed by atoms with E-state index < -0.39 is 17.4 Å². The monoisotopic (exact) mass is 425 g/mol. The number of hydrogen-bond acceptors (Lipinski definition) is 4. The second kappa shape index (κ2) is 12.7. The van der Waals surface area contributed by atoms with Crippen molar-refractivity contribution in [1.29, 1.82) is 0 Å². The first kappa shape index (κ1) is 28.1. The first-order valence-electron chi connectivity index (χ1n) is 10.9. The van der Waals surface area contributed by atoms with Crippen LogP contribution in [0.5, 0.6) is 0 Å². The van der Waals surface area contributed by atoms with E-state index in [0.717, 1.165) is 19.4 Å². The van der Waals surface area contributed by atoms with Crippen molar-refractivity contribution in [3.8, 4) is 0 Å². The van der Waals surface area contributed by atoms with Crippen molar-refractivity contribution < 1.29 is 19.5 Å². The van der Waals surface area contributed by atoms with Crippen LogP contribution in [0.15, 0.2) is 11.6 Å². The molecule has 1 aliphatic heterocycles. The Morgan fingerprint density at radius 2 is 1.77 bits per heavy atom. The second-order valence-electron chi connectivity index (χ2n) is 9.56. The highest BCUT2D eigenvalue weighted by Crippen LogP contribution is 2.24. The molecule has 0 radical (unpaired) electrons. The van der Waals surface area contributed by atoms with Crippen molar-refractivity contribution in [2.75, 3.05) is 27.2 Å². The van der Waals surface area contributed by atoms with Crippen molar-refractivity contribution in [2.45, 2.75) is 79.8 Å². The Morgan fingerprint density at radius 3 is 2.20 bits per heavy atom. The highest BCUT2D eigenvalue weighted by molar-refractivity contribution is 5.90. The first-order chi connectivity index (χ1) is 13.8. The molecule has 0 spiro atoms. The van der Waals surface area contributed by atoms with Gasteiger partial charge in [0.25, 0.3) is 0 Å². The Labute approximate surface area is 182 Å². The van der Waals surface area contributed by atoms with Crippen LogP contribution in [-0.4, -0.2) is 72.0 Å². The number of nitrogens with one attached hydrogen (secondary N) is 1. The zero-order chi connectivity index (χ0) is 23.6. The van der Waals surface area contributed by atoms with E-state index in [4.69, 9.17) is 5.11 Å². The van der Waals surface area contributed by atoms with E-state index in [1.54, 1.807) is 7.05 Å². The molecule has 0 aromatic rings. The summed E-state index contributed by atoms with van der Waals surface area (Å²) in [6.07, 6.45) is 4.53. The topological polar surface area (TPSA) is 90.0 Å². The fourth-order valence-corrected chi connectivity index (χ4v) is 3.26. The van der Waals surface area contributed by atoms with Crippen LogP contribution in [0.1, 0.15) is 67.7 Å². The molecule has 1 saturated heterocycles. The highest BCUT2D eigenvalue weighted by atomic mass is 16.4. The Kier molecular flexibility index (Phi) is 11.9. The van der Waals surface area contributed by atoms with Crippen molar-refractivity contribution in [2.24, 2.45) is 11.3 Å². The smallest absolute Gasteiger partial charge is 0.331 e. The van der Waals surface area contributed by atoms with E-state index in [1.807, 2.05) is 27.8 Å². The zero-order valence-corrected chi connectivity index (χ0v) is 20.4. The molecular formula is C23H43N3O4. The summed E-state index contributed by atoms with van der Waals surface area (Å²) in [5.74, 6) is -0.791. The predicted molar refractivity (Wildman–Crippen MR) is 121 cm³/mol. The van der Waals surface area contributed by atoms with Crippen LogP contribution in [-0.2, 0) is 14.4 Å². The van der Waals surface area contributed by atoms with Gasteiger partial charge in [0.05, 0.1) is 6.04 Å². The molecule has 1 aliphatic rings. The van der Waals surface area contributed by atoms with Gasteiger partial charge in [-0.25, -0.2) is 4.79 Å². The molecule has 0 bridgehead atoms. The third kappa shape index (κ3) is 9.28. The number of rotatable bonds is 6. The maximum atomic E-state index is 12.9. The average Bonchev–Trinajstić information content (AvgIpc) is 2.62. The summed E-state index contributed by atoms with van der Waals surface area (Å²) in [7, 11) is 3.56. The molecule has 2 N–H and O–H groups in total. The molecule has 2 amide bonds. The molecule has 7 nitrogen and oxygen atoms in total. The van der Waals surface area contributed by atoms with E-state index in [0.29, 0.717) is 5.92 Å². The summed E-state index contributed by atoms with van der Waals surface area (Å²) in [5.41, 5.74) is -0.281. The Balaban J connectivity index is 0.00000263. The third-order valence-corrected chi connectivity index (χ3v) is 5.15. The number of carbonyl (C=O) groups is 3. The minimum Gasteiger partial charge on any atom is -0.478 e. The minimum absolute atomic E-state index is 0.122. The predicted octanol–water partition coefficient (Wildman–Crippen LogP) is 3.15. The number of likely N-dealkylation sites (tertiary alicyclic amines) is 1. The van der Waals surface area contributed by atoms with Gasteiger partial charge in [-0.15, -0.1) is 0 Å². The van der Waals surface area contributed by atoms with Gasteiger partial charge in [-0.2, -0.15) is 0 Å². The van der Waals surface area contributed by atoms with Crippen molar-refractivity contribution in [1.82, 2.24) is 15.1 Å². The molecule has 0 aromatic carbocycles. The lowest BCUT2D eigenvalue weighted by atomic mass is 9.85. The first-order valence-corrected chi connectivity index (χ1v) is 10.9. The number of piperidine rings is 1. The van der Waals surface area contributed by atoms with Crippen molar-refractivity contribution >= 4 is 17.8 Å². The number of carboxylic acids is 1. The van der Waals surface area contributed by atoms with E-state index in [-0.39, 0.29) is 30.0 Å².